The maximum atomic E-state index is 5.93. The molecule has 1 saturated heterocycles. The zero-order valence-corrected chi connectivity index (χ0v) is 12.3. The summed E-state index contributed by atoms with van der Waals surface area (Å²) in [4.78, 5) is 2.58. The maximum absolute atomic E-state index is 5.93. The smallest absolute Gasteiger partial charge is 0.0406 e. The minimum atomic E-state index is 0.305. The van der Waals surface area contributed by atoms with Crippen molar-refractivity contribution in [2.45, 2.75) is 33.4 Å². The van der Waals surface area contributed by atoms with Crippen LogP contribution in [0.2, 0.25) is 5.02 Å². The zero-order chi connectivity index (χ0) is 13.2. The molecular formula is C15H23ClN2. The molecular weight excluding hydrogens is 244 g/mol. The minimum Gasteiger partial charge on any atom is -0.314 e. The topological polar surface area (TPSA) is 15.3 Å². The molecule has 0 amide bonds. The Balaban J connectivity index is 2.08. The van der Waals surface area contributed by atoms with E-state index in [4.69, 9.17) is 11.6 Å². The average Bonchev–Trinajstić information content (AvgIpc) is 2.31. The van der Waals surface area contributed by atoms with Crippen LogP contribution in [0.1, 0.15) is 26.3 Å². The van der Waals surface area contributed by atoms with E-state index in [9.17, 15) is 0 Å². The lowest BCUT2D eigenvalue weighted by molar-refractivity contribution is 0.0689. The summed E-state index contributed by atoms with van der Waals surface area (Å²) in [6.45, 7) is 11.3. The molecule has 2 rings (SSSR count). The third-order valence-electron chi connectivity index (χ3n) is 3.65. The molecule has 100 valence electrons. The van der Waals surface area contributed by atoms with E-state index in [1.54, 1.807) is 0 Å². The van der Waals surface area contributed by atoms with Crippen LogP contribution in [0.3, 0.4) is 0 Å². The normalized spacial score (nSPS) is 22.1. The number of nitrogens with one attached hydrogen (secondary N) is 1. The van der Waals surface area contributed by atoms with Crippen LogP contribution in [0.15, 0.2) is 24.3 Å². The minimum absolute atomic E-state index is 0.305. The summed E-state index contributed by atoms with van der Waals surface area (Å²) in [5, 5.41) is 4.31. The summed E-state index contributed by atoms with van der Waals surface area (Å²) in [6.07, 6.45) is 0. The van der Waals surface area contributed by atoms with Crippen molar-refractivity contribution in [1.29, 1.82) is 0 Å². The van der Waals surface area contributed by atoms with Gasteiger partial charge in [0.1, 0.15) is 0 Å². The number of hydrogen-bond acceptors (Lipinski definition) is 2. The number of rotatable bonds is 2. The van der Waals surface area contributed by atoms with Crippen molar-refractivity contribution in [2.75, 3.05) is 19.6 Å². The van der Waals surface area contributed by atoms with E-state index < -0.39 is 0 Å². The molecule has 1 heterocycles. The first-order valence-electron chi connectivity index (χ1n) is 6.66. The van der Waals surface area contributed by atoms with Crippen LogP contribution in [0.5, 0.6) is 0 Å². The van der Waals surface area contributed by atoms with Crippen molar-refractivity contribution in [3.63, 3.8) is 0 Å². The van der Waals surface area contributed by atoms with Gasteiger partial charge in [0.2, 0.25) is 0 Å². The molecule has 0 radical (unpaired) electrons. The van der Waals surface area contributed by atoms with Gasteiger partial charge < -0.3 is 5.32 Å². The van der Waals surface area contributed by atoms with Crippen LogP contribution < -0.4 is 5.32 Å². The fourth-order valence-corrected chi connectivity index (χ4v) is 2.74. The molecule has 1 atom stereocenters. The highest BCUT2D eigenvalue weighted by Gasteiger charge is 2.32. The SMILES string of the molecule is CC(C)(C)C1CNCCN1Cc1ccc(Cl)cc1. The van der Waals surface area contributed by atoms with Crippen molar-refractivity contribution >= 4 is 11.6 Å². The second-order valence-electron chi connectivity index (χ2n) is 6.18. The Morgan fingerprint density at radius 3 is 2.56 bits per heavy atom. The number of hydrogen-bond donors (Lipinski definition) is 1. The van der Waals surface area contributed by atoms with E-state index in [1.807, 2.05) is 12.1 Å². The first-order valence-corrected chi connectivity index (χ1v) is 7.04. The number of piperazine rings is 1. The first-order chi connectivity index (χ1) is 8.47. The summed E-state index contributed by atoms with van der Waals surface area (Å²) in [6, 6.07) is 8.80. The van der Waals surface area contributed by atoms with Crippen molar-refractivity contribution in [3.8, 4) is 0 Å². The quantitative estimate of drug-likeness (QED) is 0.885. The van der Waals surface area contributed by atoms with Gasteiger partial charge in [-0.15, -0.1) is 0 Å². The molecule has 1 fully saturated rings. The largest absolute Gasteiger partial charge is 0.314 e. The third kappa shape index (κ3) is 3.47. The molecule has 0 aliphatic carbocycles. The fraction of sp³-hybridized carbons (Fsp3) is 0.600. The van der Waals surface area contributed by atoms with Crippen LogP contribution in [-0.2, 0) is 6.54 Å². The lowest BCUT2D eigenvalue weighted by atomic mass is 9.84. The standard InChI is InChI=1S/C15H23ClN2/c1-15(2,3)14-10-17-8-9-18(14)11-12-4-6-13(16)7-5-12/h4-7,14,17H,8-11H2,1-3H3. The molecule has 1 aliphatic rings. The van der Waals surface area contributed by atoms with Crippen LogP contribution in [-0.4, -0.2) is 30.6 Å². The monoisotopic (exact) mass is 266 g/mol. The van der Waals surface area contributed by atoms with Gasteiger partial charge in [-0.3, -0.25) is 4.90 Å². The van der Waals surface area contributed by atoms with Crippen LogP contribution >= 0.6 is 11.6 Å². The molecule has 1 aromatic carbocycles. The Kier molecular flexibility index (Phi) is 4.31. The second-order valence-corrected chi connectivity index (χ2v) is 6.62. The number of benzene rings is 1. The summed E-state index contributed by atoms with van der Waals surface area (Å²) in [5.74, 6) is 0. The van der Waals surface area contributed by atoms with Gasteiger partial charge in [-0.25, -0.2) is 0 Å². The lowest BCUT2D eigenvalue weighted by Crippen LogP contribution is -2.56. The highest BCUT2D eigenvalue weighted by molar-refractivity contribution is 6.30. The lowest BCUT2D eigenvalue weighted by Gasteiger charge is -2.43. The van der Waals surface area contributed by atoms with Crippen molar-refractivity contribution < 1.29 is 0 Å². The van der Waals surface area contributed by atoms with Crippen molar-refractivity contribution in [2.24, 2.45) is 5.41 Å². The highest BCUT2D eigenvalue weighted by atomic mass is 35.5. The van der Waals surface area contributed by atoms with Crippen LogP contribution in [0.4, 0.5) is 0 Å². The van der Waals surface area contributed by atoms with Gasteiger partial charge in [0.25, 0.3) is 0 Å². The Morgan fingerprint density at radius 2 is 1.94 bits per heavy atom. The number of nitrogens with zero attached hydrogens (tertiary/aromatic N) is 1. The first kappa shape index (κ1) is 13.9. The second kappa shape index (κ2) is 5.60. The van der Waals surface area contributed by atoms with Gasteiger partial charge in [0, 0.05) is 37.2 Å². The van der Waals surface area contributed by atoms with E-state index in [-0.39, 0.29) is 0 Å². The summed E-state index contributed by atoms with van der Waals surface area (Å²) >= 11 is 5.93. The predicted molar refractivity (Wildman–Crippen MR) is 78.0 cm³/mol. The van der Waals surface area contributed by atoms with Gasteiger partial charge in [-0.2, -0.15) is 0 Å². The maximum Gasteiger partial charge on any atom is 0.0406 e. The van der Waals surface area contributed by atoms with Gasteiger partial charge in [-0.1, -0.05) is 44.5 Å². The predicted octanol–water partition coefficient (Wildman–Crippen LogP) is 3.16. The molecule has 0 aromatic heterocycles. The van der Waals surface area contributed by atoms with Gasteiger partial charge >= 0.3 is 0 Å². The molecule has 2 nitrogen and oxygen atoms in total. The Morgan fingerprint density at radius 1 is 1.28 bits per heavy atom. The van der Waals surface area contributed by atoms with E-state index in [2.05, 4.69) is 43.1 Å². The van der Waals surface area contributed by atoms with Gasteiger partial charge in [-0.05, 0) is 23.1 Å². The molecule has 1 unspecified atom stereocenters. The molecule has 3 heteroatoms. The van der Waals surface area contributed by atoms with Crippen LogP contribution in [0.25, 0.3) is 0 Å². The molecule has 0 bridgehead atoms. The van der Waals surface area contributed by atoms with E-state index in [0.29, 0.717) is 11.5 Å². The highest BCUT2D eigenvalue weighted by Crippen LogP contribution is 2.26. The molecule has 1 aliphatic heterocycles. The molecule has 1 aromatic rings. The number of halogens is 1. The zero-order valence-electron chi connectivity index (χ0n) is 11.5. The van der Waals surface area contributed by atoms with E-state index in [0.717, 1.165) is 31.2 Å². The van der Waals surface area contributed by atoms with Gasteiger partial charge in [0.05, 0.1) is 0 Å². The fourth-order valence-electron chi connectivity index (χ4n) is 2.61. The molecule has 0 spiro atoms. The van der Waals surface area contributed by atoms with E-state index >= 15 is 0 Å². The van der Waals surface area contributed by atoms with Crippen molar-refractivity contribution in [3.05, 3.63) is 34.9 Å². The third-order valence-corrected chi connectivity index (χ3v) is 3.90. The molecule has 0 saturated carbocycles. The summed E-state index contributed by atoms with van der Waals surface area (Å²) in [7, 11) is 0. The average molecular weight is 267 g/mol. The molecule has 18 heavy (non-hydrogen) atoms. The summed E-state index contributed by atoms with van der Waals surface area (Å²) in [5.41, 5.74) is 1.65. The van der Waals surface area contributed by atoms with Gasteiger partial charge in [0.15, 0.2) is 0 Å². The van der Waals surface area contributed by atoms with Crippen molar-refractivity contribution in [1.82, 2.24) is 10.2 Å². The molecule has 1 N–H and O–H groups in total. The summed E-state index contributed by atoms with van der Waals surface area (Å²) < 4.78 is 0. The Bertz CT molecular complexity index is 380. The Labute approximate surface area is 115 Å². The van der Waals surface area contributed by atoms with E-state index in [1.165, 1.54) is 5.56 Å². The Hall–Kier alpha value is -0.570. The van der Waals surface area contributed by atoms with Crippen LogP contribution in [0, 0.1) is 5.41 Å².